The molecule has 0 aromatic heterocycles. The summed E-state index contributed by atoms with van der Waals surface area (Å²) in [4.78, 5) is 0. The molecule has 0 aliphatic heterocycles. The molecular formula is C35H40O6. The van der Waals surface area contributed by atoms with Gasteiger partial charge in [-0.2, -0.15) is 0 Å². The van der Waals surface area contributed by atoms with E-state index in [0.717, 1.165) is 74.1 Å². The molecule has 216 valence electrons. The topological polar surface area (TPSA) is 66.4 Å². The Bertz CT molecular complexity index is 1390. The van der Waals surface area contributed by atoms with Crippen molar-refractivity contribution in [1.82, 2.24) is 0 Å². The number of hydrogen-bond acceptors (Lipinski definition) is 6. The number of ether oxygens (including phenoxy) is 5. The lowest BCUT2D eigenvalue weighted by molar-refractivity contribution is 0.280. The van der Waals surface area contributed by atoms with Gasteiger partial charge in [0, 0.05) is 25.0 Å². The summed E-state index contributed by atoms with van der Waals surface area (Å²) in [6.45, 7) is 4.12. The summed E-state index contributed by atoms with van der Waals surface area (Å²) >= 11 is 0. The molecule has 6 nitrogen and oxygen atoms in total. The van der Waals surface area contributed by atoms with Crippen LogP contribution >= 0.6 is 0 Å². The van der Waals surface area contributed by atoms with Gasteiger partial charge in [-0.05, 0) is 82.5 Å². The van der Waals surface area contributed by atoms with Crippen molar-refractivity contribution in [3.63, 3.8) is 0 Å². The molecule has 0 radical (unpaired) electrons. The van der Waals surface area contributed by atoms with Gasteiger partial charge >= 0.3 is 0 Å². The van der Waals surface area contributed by atoms with Gasteiger partial charge in [0.2, 0.25) is 0 Å². The molecule has 0 bridgehead atoms. The fraction of sp³-hybridized carbons (Fsp3) is 0.314. The quantitative estimate of drug-likeness (QED) is 0.212. The maximum atomic E-state index is 10.2. The molecule has 4 aromatic carbocycles. The van der Waals surface area contributed by atoms with Crippen LogP contribution in [0.25, 0.3) is 0 Å². The fourth-order valence-corrected chi connectivity index (χ4v) is 5.55. The largest absolute Gasteiger partial charge is 0.497 e. The van der Waals surface area contributed by atoms with Crippen LogP contribution in [0.2, 0.25) is 0 Å². The van der Waals surface area contributed by atoms with Crippen molar-refractivity contribution < 1.29 is 28.8 Å². The summed E-state index contributed by atoms with van der Waals surface area (Å²) in [7, 11) is 8.35. The Balaban J connectivity index is 1.69. The molecule has 0 amide bonds. The van der Waals surface area contributed by atoms with E-state index in [9.17, 15) is 5.11 Å². The van der Waals surface area contributed by atoms with E-state index in [-0.39, 0.29) is 6.61 Å². The van der Waals surface area contributed by atoms with Gasteiger partial charge in [-0.3, -0.25) is 0 Å². The number of methoxy groups -OCH3 is 5. The van der Waals surface area contributed by atoms with Crippen LogP contribution in [0.4, 0.5) is 0 Å². The van der Waals surface area contributed by atoms with E-state index < -0.39 is 0 Å². The van der Waals surface area contributed by atoms with Gasteiger partial charge in [0.05, 0.1) is 42.2 Å². The van der Waals surface area contributed by atoms with Crippen LogP contribution < -0.4 is 23.7 Å². The molecule has 0 aliphatic rings. The van der Waals surface area contributed by atoms with E-state index in [0.29, 0.717) is 12.8 Å². The van der Waals surface area contributed by atoms with Crippen molar-refractivity contribution >= 4 is 0 Å². The monoisotopic (exact) mass is 556 g/mol. The van der Waals surface area contributed by atoms with Gasteiger partial charge in [0.15, 0.2) is 0 Å². The van der Waals surface area contributed by atoms with E-state index in [1.54, 1.807) is 35.5 Å². The van der Waals surface area contributed by atoms with Crippen molar-refractivity contribution in [2.24, 2.45) is 0 Å². The van der Waals surface area contributed by atoms with Gasteiger partial charge < -0.3 is 28.8 Å². The molecule has 0 saturated heterocycles. The highest BCUT2D eigenvalue weighted by molar-refractivity contribution is 5.52. The highest BCUT2D eigenvalue weighted by Gasteiger charge is 2.16. The minimum absolute atomic E-state index is 0.0184. The molecule has 0 atom stereocenters. The van der Waals surface area contributed by atoms with E-state index in [1.165, 1.54) is 11.1 Å². The Morgan fingerprint density at radius 1 is 0.512 bits per heavy atom. The predicted octanol–water partition coefficient (Wildman–Crippen LogP) is 6.61. The number of hydrogen-bond donors (Lipinski definition) is 1. The molecule has 4 rings (SSSR count). The zero-order valence-electron chi connectivity index (χ0n) is 25.1. The molecular weight excluding hydrogens is 516 g/mol. The van der Waals surface area contributed by atoms with Crippen LogP contribution in [0.5, 0.6) is 28.7 Å². The summed E-state index contributed by atoms with van der Waals surface area (Å²) in [5.74, 6) is 3.93. The molecule has 0 heterocycles. The highest BCUT2D eigenvalue weighted by Crippen LogP contribution is 2.34. The first-order valence-electron chi connectivity index (χ1n) is 13.6. The molecule has 0 spiro atoms. The normalized spacial score (nSPS) is 10.8. The molecule has 0 aliphatic carbocycles. The van der Waals surface area contributed by atoms with Crippen LogP contribution in [-0.4, -0.2) is 40.7 Å². The summed E-state index contributed by atoms with van der Waals surface area (Å²) in [6, 6.07) is 20.5. The Labute approximate surface area is 243 Å². The van der Waals surface area contributed by atoms with Crippen LogP contribution in [0.15, 0.2) is 60.7 Å². The summed E-state index contributed by atoms with van der Waals surface area (Å²) < 4.78 is 27.9. The van der Waals surface area contributed by atoms with Crippen molar-refractivity contribution in [3.8, 4) is 28.7 Å². The van der Waals surface area contributed by atoms with Crippen LogP contribution in [-0.2, 0) is 25.9 Å². The Kier molecular flexibility index (Phi) is 9.79. The minimum atomic E-state index is -0.0184. The average molecular weight is 557 g/mol. The van der Waals surface area contributed by atoms with Crippen LogP contribution in [0, 0.1) is 13.8 Å². The van der Waals surface area contributed by atoms with Crippen LogP contribution in [0.3, 0.4) is 0 Å². The number of aryl methyl sites for hydroxylation is 2. The van der Waals surface area contributed by atoms with Gasteiger partial charge in [-0.15, -0.1) is 0 Å². The lowest BCUT2D eigenvalue weighted by Gasteiger charge is -2.18. The van der Waals surface area contributed by atoms with Crippen molar-refractivity contribution in [2.45, 2.75) is 39.7 Å². The van der Waals surface area contributed by atoms with Gasteiger partial charge in [0.25, 0.3) is 0 Å². The minimum Gasteiger partial charge on any atom is -0.497 e. The maximum absolute atomic E-state index is 10.2. The SMILES string of the molecule is COc1ccc(Cc2cc(Cc3cc(C)c(OC)c(Cc4ccc(OC)cc4OC)c3)cc(C)c2CO)c(OC)c1. The van der Waals surface area contributed by atoms with Gasteiger partial charge in [-0.1, -0.05) is 36.4 Å². The first-order chi connectivity index (χ1) is 19.8. The lowest BCUT2D eigenvalue weighted by Crippen LogP contribution is -2.04. The molecule has 41 heavy (non-hydrogen) atoms. The molecule has 6 heteroatoms. The Morgan fingerprint density at radius 3 is 1.51 bits per heavy atom. The lowest BCUT2D eigenvalue weighted by atomic mass is 9.90. The van der Waals surface area contributed by atoms with Crippen molar-refractivity contribution in [1.29, 1.82) is 0 Å². The fourth-order valence-electron chi connectivity index (χ4n) is 5.55. The molecule has 0 unspecified atom stereocenters. The third-order valence-electron chi connectivity index (χ3n) is 7.56. The third kappa shape index (κ3) is 6.77. The zero-order valence-corrected chi connectivity index (χ0v) is 25.1. The zero-order chi connectivity index (χ0) is 29.5. The predicted molar refractivity (Wildman–Crippen MR) is 162 cm³/mol. The first-order valence-corrected chi connectivity index (χ1v) is 13.6. The number of rotatable bonds is 12. The standard InChI is InChI=1S/C35H40O6/c1-22-12-24(15-28(32(22)21-36)17-26-8-10-30(37-3)19-33(26)39-5)14-25-13-23(2)35(41-7)29(16-25)18-27-9-11-31(38-4)20-34(27)40-6/h8-13,15-16,19-20,36H,14,17-18,21H2,1-7H3. The molecule has 1 N–H and O–H groups in total. The number of aliphatic hydroxyl groups excluding tert-OH is 1. The van der Waals surface area contributed by atoms with E-state index in [2.05, 4.69) is 38.1 Å². The maximum Gasteiger partial charge on any atom is 0.126 e. The molecule has 0 saturated carbocycles. The second kappa shape index (κ2) is 13.5. The summed E-state index contributed by atoms with van der Waals surface area (Å²) in [6.07, 6.45) is 2.05. The van der Waals surface area contributed by atoms with E-state index in [1.807, 2.05) is 36.4 Å². The van der Waals surface area contributed by atoms with Gasteiger partial charge in [0.1, 0.15) is 28.7 Å². The number of benzene rings is 4. The first kappa shape index (κ1) is 29.8. The van der Waals surface area contributed by atoms with Crippen LogP contribution in [0.1, 0.15) is 50.1 Å². The third-order valence-corrected chi connectivity index (χ3v) is 7.56. The van der Waals surface area contributed by atoms with Gasteiger partial charge in [-0.25, -0.2) is 0 Å². The van der Waals surface area contributed by atoms with Crippen molar-refractivity contribution in [3.05, 3.63) is 111 Å². The van der Waals surface area contributed by atoms with E-state index in [4.69, 9.17) is 23.7 Å². The summed E-state index contributed by atoms with van der Waals surface area (Å²) in [5.41, 5.74) is 9.74. The second-order valence-corrected chi connectivity index (χ2v) is 10.2. The molecule has 0 fully saturated rings. The molecule has 4 aromatic rings. The second-order valence-electron chi connectivity index (χ2n) is 10.2. The average Bonchev–Trinajstić information content (AvgIpc) is 2.97. The Morgan fingerprint density at radius 2 is 1.02 bits per heavy atom. The highest BCUT2D eigenvalue weighted by atomic mass is 16.5. The number of aliphatic hydroxyl groups is 1. The van der Waals surface area contributed by atoms with E-state index >= 15 is 0 Å². The summed E-state index contributed by atoms with van der Waals surface area (Å²) in [5, 5.41) is 10.2. The Hall–Kier alpha value is -4.16. The van der Waals surface area contributed by atoms with Crippen molar-refractivity contribution in [2.75, 3.05) is 35.5 Å². The smallest absolute Gasteiger partial charge is 0.126 e.